The van der Waals surface area contributed by atoms with Crippen molar-refractivity contribution < 1.29 is 9.47 Å². The van der Waals surface area contributed by atoms with Crippen LogP contribution in [0, 0.1) is 0 Å². The van der Waals surface area contributed by atoms with Gasteiger partial charge in [0.05, 0.1) is 19.2 Å². The molecule has 6 nitrogen and oxygen atoms in total. The van der Waals surface area contributed by atoms with Gasteiger partial charge in [-0.25, -0.2) is 0 Å². The number of aromatic nitrogens is 4. The lowest BCUT2D eigenvalue weighted by Crippen LogP contribution is -1.93. The summed E-state index contributed by atoms with van der Waals surface area (Å²) in [7, 11) is 3.20. The maximum absolute atomic E-state index is 6.30. The summed E-state index contributed by atoms with van der Waals surface area (Å²) in [6.07, 6.45) is 0. The normalized spacial score (nSPS) is 11.1. The van der Waals surface area contributed by atoms with Crippen LogP contribution < -0.4 is 9.47 Å². The standard InChI is InChI=1S/C17H12Cl2N4O2S/c1-24-13-6-3-9(7-14(13)25-2)16-22-23-15(20-21-17(23)26-16)11-5-4-10(18)8-12(11)19/h3-8H,1-2H3. The summed E-state index contributed by atoms with van der Waals surface area (Å²) in [5.41, 5.74) is 1.61. The van der Waals surface area contributed by atoms with E-state index in [2.05, 4.69) is 15.3 Å². The zero-order chi connectivity index (χ0) is 18.3. The van der Waals surface area contributed by atoms with Gasteiger partial charge in [0.1, 0.15) is 5.01 Å². The summed E-state index contributed by atoms with van der Waals surface area (Å²) in [6, 6.07) is 10.9. The second-order valence-corrected chi connectivity index (χ2v) is 7.12. The number of hydrogen-bond acceptors (Lipinski definition) is 6. The van der Waals surface area contributed by atoms with E-state index in [9.17, 15) is 0 Å². The molecule has 0 unspecified atom stereocenters. The number of halogens is 2. The molecule has 0 aliphatic heterocycles. The van der Waals surface area contributed by atoms with Gasteiger partial charge in [-0.2, -0.15) is 9.61 Å². The van der Waals surface area contributed by atoms with Crippen LogP contribution in [-0.4, -0.2) is 34.0 Å². The lowest BCUT2D eigenvalue weighted by Gasteiger charge is -2.07. The largest absolute Gasteiger partial charge is 0.493 e. The molecule has 2 aromatic carbocycles. The Balaban J connectivity index is 1.81. The number of nitrogens with zero attached hydrogens (tertiary/aromatic N) is 4. The predicted molar refractivity (Wildman–Crippen MR) is 103 cm³/mol. The summed E-state index contributed by atoms with van der Waals surface area (Å²) < 4.78 is 12.3. The first-order valence-corrected chi connectivity index (χ1v) is 9.08. The zero-order valence-electron chi connectivity index (χ0n) is 13.7. The van der Waals surface area contributed by atoms with Gasteiger partial charge in [-0.1, -0.05) is 34.5 Å². The summed E-state index contributed by atoms with van der Waals surface area (Å²) in [5.74, 6) is 1.86. The first-order valence-electron chi connectivity index (χ1n) is 7.51. The van der Waals surface area contributed by atoms with Crippen molar-refractivity contribution >= 4 is 39.5 Å². The maximum atomic E-state index is 6.30. The Hall–Kier alpha value is -2.35. The Bertz CT molecular complexity index is 1110. The van der Waals surface area contributed by atoms with Crippen LogP contribution in [0.5, 0.6) is 11.5 Å². The van der Waals surface area contributed by atoms with Crippen molar-refractivity contribution in [1.82, 2.24) is 19.8 Å². The molecule has 9 heteroatoms. The average Bonchev–Trinajstić information content (AvgIpc) is 3.22. The molecule has 2 aromatic heterocycles. The number of ether oxygens (including phenoxy) is 2. The average molecular weight is 407 g/mol. The van der Waals surface area contributed by atoms with E-state index >= 15 is 0 Å². The van der Waals surface area contributed by atoms with Crippen molar-refractivity contribution in [3.63, 3.8) is 0 Å². The van der Waals surface area contributed by atoms with E-state index in [-0.39, 0.29) is 0 Å². The first kappa shape index (κ1) is 17.1. The van der Waals surface area contributed by atoms with Crippen molar-refractivity contribution in [2.24, 2.45) is 0 Å². The zero-order valence-corrected chi connectivity index (χ0v) is 16.1. The number of methoxy groups -OCH3 is 2. The van der Waals surface area contributed by atoms with Gasteiger partial charge in [-0.05, 0) is 36.4 Å². The second-order valence-electron chi connectivity index (χ2n) is 5.32. The first-order chi connectivity index (χ1) is 12.6. The number of benzene rings is 2. The minimum absolute atomic E-state index is 0.493. The van der Waals surface area contributed by atoms with Crippen LogP contribution in [0.15, 0.2) is 36.4 Å². The molecule has 132 valence electrons. The Morgan fingerprint density at radius 2 is 1.77 bits per heavy atom. The second kappa shape index (κ2) is 6.75. The molecule has 2 heterocycles. The number of hydrogen-bond donors (Lipinski definition) is 0. The fourth-order valence-electron chi connectivity index (χ4n) is 2.54. The summed E-state index contributed by atoms with van der Waals surface area (Å²) in [4.78, 5) is 0.663. The number of fused-ring (bicyclic) bond motifs is 1. The molecular weight excluding hydrogens is 395 g/mol. The van der Waals surface area contributed by atoms with Crippen molar-refractivity contribution in [2.75, 3.05) is 14.2 Å². The predicted octanol–water partition coefficient (Wildman–Crippen LogP) is 4.84. The van der Waals surface area contributed by atoms with Crippen molar-refractivity contribution in [3.05, 3.63) is 46.4 Å². The van der Waals surface area contributed by atoms with Gasteiger partial charge in [0.25, 0.3) is 0 Å². The smallest absolute Gasteiger partial charge is 0.235 e. The van der Waals surface area contributed by atoms with Crippen LogP contribution in [0.2, 0.25) is 10.0 Å². The molecule has 0 N–H and O–H groups in total. The summed E-state index contributed by atoms with van der Waals surface area (Å²) >= 11 is 13.7. The van der Waals surface area contributed by atoms with Gasteiger partial charge < -0.3 is 9.47 Å². The molecule has 0 atom stereocenters. The van der Waals surface area contributed by atoms with Crippen LogP contribution in [0.3, 0.4) is 0 Å². The van der Waals surface area contributed by atoms with Crippen LogP contribution in [0.1, 0.15) is 0 Å². The quantitative estimate of drug-likeness (QED) is 0.484. The molecule has 26 heavy (non-hydrogen) atoms. The lowest BCUT2D eigenvalue weighted by atomic mass is 10.2. The van der Waals surface area contributed by atoms with Gasteiger partial charge in [0.15, 0.2) is 17.3 Å². The molecule has 4 rings (SSSR count). The van der Waals surface area contributed by atoms with E-state index in [4.69, 9.17) is 32.7 Å². The van der Waals surface area contributed by atoms with Crippen LogP contribution in [0.25, 0.3) is 26.9 Å². The molecule has 0 saturated heterocycles. The summed E-state index contributed by atoms with van der Waals surface area (Å²) in [5, 5.41) is 14.9. The fourth-order valence-corrected chi connectivity index (χ4v) is 3.87. The van der Waals surface area contributed by atoms with Crippen molar-refractivity contribution in [1.29, 1.82) is 0 Å². The highest BCUT2D eigenvalue weighted by atomic mass is 35.5. The van der Waals surface area contributed by atoms with Gasteiger partial charge >= 0.3 is 0 Å². The third-order valence-corrected chi connectivity index (χ3v) is 5.29. The molecule has 0 radical (unpaired) electrons. The highest BCUT2D eigenvalue weighted by Gasteiger charge is 2.17. The van der Waals surface area contributed by atoms with E-state index in [0.717, 1.165) is 10.6 Å². The maximum Gasteiger partial charge on any atom is 0.235 e. The molecular formula is C17H12Cl2N4O2S. The van der Waals surface area contributed by atoms with Gasteiger partial charge in [0, 0.05) is 16.1 Å². The minimum atomic E-state index is 0.493. The molecule has 0 bridgehead atoms. The Kier molecular flexibility index (Phi) is 4.44. The van der Waals surface area contributed by atoms with Gasteiger partial charge in [-0.3, -0.25) is 0 Å². The Morgan fingerprint density at radius 3 is 2.50 bits per heavy atom. The molecule has 0 spiro atoms. The highest BCUT2D eigenvalue weighted by molar-refractivity contribution is 7.19. The third kappa shape index (κ3) is 2.88. The Morgan fingerprint density at radius 1 is 0.962 bits per heavy atom. The molecule has 0 amide bonds. The fraction of sp³-hybridized carbons (Fsp3) is 0.118. The molecule has 4 aromatic rings. The molecule has 0 aliphatic carbocycles. The highest BCUT2D eigenvalue weighted by Crippen LogP contribution is 2.35. The molecule has 0 fully saturated rings. The van der Waals surface area contributed by atoms with E-state index < -0.39 is 0 Å². The van der Waals surface area contributed by atoms with E-state index in [1.807, 2.05) is 18.2 Å². The Labute approximate surface area is 162 Å². The van der Waals surface area contributed by atoms with Gasteiger partial charge in [-0.15, -0.1) is 10.2 Å². The van der Waals surface area contributed by atoms with Crippen molar-refractivity contribution in [2.45, 2.75) is 0 Å². The van der Waals surface area contributed by atoms with Crippen LogP contribution in [0.4, 0.5) is 0 Å². The van der Waals surface area contributed by atoms with Crippen molar-refractivity contribution in [3.8, 4) is 33.5 Å². The SMILES string of the molecule is COc1ccc(-c2nn3c(-c4ccc(Cl)cc4Cl)nnc3s2)cc1OC. The monoisotopic (exact) mass is 406 g/mol. The molecule has 0 aliphatic rings. The topological polar surface area (TPSA) is 61.5 Å². The van der Waals surface area contributed by atoms with E-state index in [1.165, 1.54) is 11.3 Å². The molecule has 0 saturated carbocycles. The van der Waals surface area contributed by atoms with Crippen LogP contribution in [-0.2, 0) is 0 Å². The third-order valence-electron chi connectivity index (χ3n) is 3.79. The number of rotatable bonds is 4. The lowest BCUT2D eigenvalue weighted by molar-refractivity contribution is 0.355. The van der Waals surface area contributed by atoms with Crippen LogP contribution >= 0.6 is 34.5 Å². The summed E-state index contributed by atoms with van der Waals surface area (Å²) in [6.45, 7) is 0. The van der Waals surface area contributed by atoms with E-state index in [1.54, 1.807) is 36.9 Å². The van der Waals surface area contributed by atoms with E-state index in [0.29, 0.717) is 37.9 Å². The minimum Gasteiger partial charge on any atom is -0.493 e. The van der Waals surface area contributed by atoms with Gasteiger partial charge in [0.2, 0.25) is 4.96 Å².